The van der Waals surface area contributed by atoms with Crippen LogP contribution >= 0.6 is 23.1 Å². The average molecular weight is 308 g/mol. The lowest BCUT2D eigenvalue weighted by Gasteiger charge is -2.08. The number of nitrogens with zero attached hydrogens (tertiary/aromatic N) is 2. The molecule has 0 fully saturated rings. The lowest BCUT2D eigenvalue weighted by Crippen LogP contribution is -2.14. The molecule has 1 amide bonds. The minimum atomic E-state index is -0.107. The molecule has 3 heterocycles. The summed E-state index contributed by atoms with van der Waals surface area (Å²) in [4.78, 5) is 14.4. The summed E-state index contributed by atoms with van der Waals surface area (Å²) < 4.78 is 1.60. The lowest BCUT2D eigenvalue weighted by molar-refractivity contribution is 0.102. The van der Waals surface area contributed by atoms with Crippen LogP contribution in [-0.4, -0.2) is 21.4 Å². The van der Waals surface area contributed by atoms with Gasteiger partial charge >= 0.3 is 0 Å². The molecule has 1 aliphatic rings. The molecule has 0 aliphatic carbocycles. The van der Waals surface area contributed by atoms with Crippen LogP contribution in [0.5, 0.6) is 0 Å². The van der Waals surface area contributed by atoms with Crippen LogP contribution in [0.25, 0.3) is 0 Å². The Labute approximate surface area is 125 Å². The van der Waals surface area contributed by atoms with E-state index in [0.717, 1.165) is 28.5 Å². The quantitative estimate of drug-likeness (QED) is 0.893. The smallest absolute Gasteiger partial charge is 0.266 e. The highest BCUT2D eigenvalue weighted by molar-refractivity contribution is 7.98. The molecule has 0 saturated carbocycles. The summed E-state index contributed by atoms with van der Waals surface area (Å²) in [5.41, 5.74) is 8.48. The van der Waals surface area contributed by atoms with Crippen molar-refractivity contribution in [1.82, 2.24) is 9.78 Å². The number of aromatic nitrogens is 2. The molecule has 0 atom stereocenters. The van der Waals surface area contributed by atoms with Crippen molar-refractivity contribution in [2.45, 2.75) is 19.1 Å². The van der Waals surface area contributed by atoms with E-state index in [0.29, 0.717) is 11.5 Å². The lowest BCUT2D eigenvalue weighted by atomic mass is 10.2. The molecule has 0 unspecified atom stereocenters. The standard InChI is InChI=1S/C13H16N4OS2/c1-7-11(14)12(17(2)16-7)15-13(18)10-5-8-6-19-4-3-9(8)20-10/h5H,3-4,6,14H2,1-2H3,(H,15,18). The van der Waals surface area contributed by atoms with Crippen molar-refractivity contribution in [1.29, 1.82) is 0 Å². The molecule has 106 valence electrons. The van der Waals surface area contributed by atoms with E-state index in [1.807, 2.05) is 24.8 Å². The Hall–Kier alpha value is -1.47. The number of aryl methyl sites for hydroxylation is 3. The molecule has 2 aromatic heterocycles. The first-order valence-corrected chi connectivity index (χ1v) is 8.33. The number of thioether (sulfide) groups is 1. The van der Waals surface area contributed by atoms with Crippen molar-refractivity contribution in [3.63, 3.8) is 0 Å². The SMILES string of the molecule is Cc1nn(C)c(NC(=O)c2cc3c(s2)CCSC3)c1N. The number of thiophene rings is 1. The topological polar surface area (TPSA) is 72.9 Å². The summed E-state index contributed by atoms with van der Waals surface area (Å²) in [7, 11) is 1.77. The molecule has 2 aromatic rings. The number of amides is 1. The van der Waals surface area contributed by atoms with Crippen LogP contribution in [0.3, 0.4) is 0 Å². The van der Waals surface area contributed by atoms with Crippen LogP contribution in [0.1, 0.15) is 25.8 Å². The number of nitrogens with one attached hydrogen (secondary N) is 1. The van der Waals surface area contributed by atoms with Crippen LogP contribution in [0.2, 0.25) is 0 Å². The zero-order chi connectivity index (χ0) is 14.3. The summed E-state index contributed by atoms with van der Waals surface area (Å²) >= 11 is 3.50. The number of nitrogens with two attached hydrogens (primary N) is 1. The molecule has 0 aromatic carbocycles. The van der Waals surface area contributed by atoms with Gasteiger partial charge in [0.1, 0.15) is 0 Å². The summed E-state index contributed by atoms with van der Waals surface area (Å²) in [5, 5.41) is 7.06. The normalized spacial score (nSPS) is 14.1. The molecule has 7 heteroatoms. The van der Waals surface area contributed by atoms with Gasteiger partial charge in [-0.1, -0.05) is 0 Å². The fraction of sp³-hybridized carbons (Fsp3) is 0.385. The van der Waals surface area contributed by atoms with Crippen LogP contribution in [0.15, 0.2) is 6.07 Å². The largest absolute Gasteiger partial charge is 0.394 e. The van der Waals surface area contributed by atoms with Gasteiger partial charge in [-0.3, -0.25) is 9.48 Å². The molecule has 3 N–H and O–H groups in total. The van der Waals surface area contributed by atoms with Gasteiger partial charge in [0.2, 0.25) is 0 Å². The Balaban J connectivity index is 1.84. The molecular formula is C13H16N4OS2. The zero-order valence-electron chi connectivity index (χ0n) is 11.4. The first-order valence-electron chi connectivity index (χ1n) is 6.36. The van der Waals surface area contributed by atoms with E-state index >= 15 is 0 Å². The van der Waals surface area contributed by atoms with Crippen LogP contribution in [0.4, 0.5) is 11.5 Å². The predicted molar refractivity (Wildman–Crippen MR) is 84.5 cm³/mol. The van der Waals surface area contributed by atoms with Crippen LogP contribution in [0, 0.1) is 6.92 Å². The van der Waals surface area contributed by atoms with E-state index in [1.165, 1.54) is 10.4 Å². The number of fused-ring (bicyclic) bond motifs is 1. The number of hydrogen-bond acceptors (Lipinski definition) is 5. The summed E-state index contributed by atoms with van der Waals surface area (Å²) in [6, 6.07) is 2.00. The van der Waals surface area contributed by atoms with Crippen molar-refractivity contribution in [2.75, 3.05) is 16.8 Å². The number of anilines is 2. The second-order valence-electron chi connectivity index (χ2n) is 4.79. The molecule has 0 spiro atoms. The third kappa shape index (κ3) is 2.31. The number of hydrogen-bond donors (Lipinski definition) is 2. The third-order valence-electron chi connectivity index (χ3n) is 3.35. The van der Waals surface area contributed by atoms with Crippen molar-refractivity contribution < 1.29 is 4.79 Å². The fourth-order valence-corrected chi connectivity index (χ4v) is 4.52. The van der Waals surface area contributed by atoms with Gasteiger partial charge in [0, 0.05) is 17.7 Å². The van der Waals surface area contributed by atoms with Crippen LogP contribution < -0.4 is 11.1 Å². The van der Waals surface area contributed by atoms with Gasteiger partial charge in [0.05, 0.1) is 16.3 Å². The fourth-order valence-electron chi connectivity index (χ4n) is 2.25. The minimum Gasteiger partial charge on any atom is -0.394 e. The van der Waals surface area contributed by atoms with Gasteiger partial charge in [-0.15, -0.1) is 11.3 Å². The molecule has 20 heavy (non-hydrogen) atoms. The molecule has 5 nitrogen and oxygen atoms in total. The molecule has 0 bridgehead atoms. The first kappa shape index (κ1) is 13.5. The number of carbonyl (C=O) groups excluding carboxylic acids is 1. The van der Waals surface area contributed by atoms with Gasteiger partial charge in [0.25, 0.3) is 5.91 Å². The molecule has 1 aliphatic heterocycles. The number of nitrogen functional groups attached to an aromatic ring is 1. The van der Waals surface area contributed by atoms with E-state index in [9.17, 15) is 4.79 Å². The number of carbonyl (C=O) groups is 1. The van der Waals surface area contributed by atoms with E-state index in [2.05, 4.69) is 10.4 Å². The van der Waals surface area contributed by atoms with Crippen molar-refractivity contribution in [3.8, 4) is 0 Å². The Morgan fingerprint density at radius 3 is 3.00 bits per heavy atom. The van der Waals surface area contributed by atoms with Gasteiger partial charge in [0.15, 0.2) is 5.82 Å². The van der Waals surface area contributed by atoms with E-state index < -0.39 is 0 Å². The maximum absolute atomic E-state index is 12.3. The van der Waals surface area contributed by atoms with E-state index in [4.69, 9.17) is 5.73 Å². The van der Waals surface area contributed by atoms with Gasteiger partial charge in [-0.25, -0.2) is 0 Å². The van der Waals surface area contributed by atoms with Crippen molar-refractivity contribution in [3.05, 3.63) is 27.1 Å². The number of rotatable bonds is 2. The highest BCUT2D eigenvalue weighted by Gasteiger charge is 2.19. The Kier molecular flexibility index (Phi) is 3.47. The maximum atomic E-state index is 12.3. The maximum Gasteiger partial charge on any atom is 0.266 e. The monoisotopic (exact) mass is 308 g/mol. The Morgan fingerprint density at radius 1 is 1.55 bits per heavy atom. The highest BCUT2D eigenvalue weighted by Crippen LogP contribution is 2.32. The third-order valence-corrected chi connectivity index (χ3v) is 5.60. The van der Waals surface area contributed by atoms with Crippen molar-refractivity contribution >= 4 is 40.5 Å². The second-order valence-corrected chi connectivity index (χ2v) is 7.03. The minimum absolute atomic E-state index is 0.107. The molecule has 3 rings (SSSR count). The molecular weight excluding hydrogens is 292 g/mol. The highest BCUT2D eigenvalue weighted by atomic mass is 32.2. The summed E-state index contributed by atoms with van der Waals surface area (Å²) in [5.74, 6) is 2.60. The Bertz CT molecular complexity index is 651. The summed E-state index contributed by atoms with van der Waals surface area (Å²) in [6.45, 7) is 1.83. The predicted octanol–water partition coefficient (Wildman–Crippen LogP) is 2.41. The van der Waals surface area contributed by atoms with Crippen LogP contribution in [-0.2, 0) is 19.2 Å². The van der Waals surface area contributed by atoms with Gasteiger partial charge < -0.3 is 11.1 Å². The zero-order valence-corrected chi connectivity index (χ0v) is 13.0. The first-order chi connectivity index (χ1) is 9.56. The molecule has 0 saturated heterocycles. The summed E-state index contributed by atoms with van der Waals surface area (Å²) in [6.07, 6.45) is 1.06. The van der Waals surface area contributed by atoms with E-state index in [-0.39, 0.29) is 5.91 Å². The average Bonchev–Trinajstić information content (AvgIpc) is 2.95. The Morgan fingerprint density at radius 2 is 2.35 bits per heavy atom. The second kappa shape index (κ2) is 5.14. The van der Waals surface area contributed by atoms with Crippen molar-refractivity contribution in [2.24, 2.45) is 7.05 Å². The molecule has 0 radical (unpaired) electrons. The van der Waals surface area contributed by atoms with Gasteiger partial charge in [-0.2, -0.15) is 16.9 Å². The van der Waals surface area contributed by atoms with Gasteiger partial charge in [-0.05, 0) is 30.7 Å². The van der Waals surface area contributed by atoms with E-state index in [1.54, 1.807) is 23.1 Å².